The topological polar surface area (TPSA) is 12.0 Å². The van der Waals surface area contributed by atoms with Gasteiger partial charge in [0.05, 0.1) is 0 Å². The van der Waals surface area contributed by atoms with Crippen molar-refractivity contribution in [2.24, 2.45) is 0 Å². The maximum atomic E-state index is 3.30. The molecule has 1 aromatic rings. The number of rotatable bonds is 2. The lowest BCUT2D eigenvalue weighted by atomic mass is 9.91. The zero-order valence-corrected chi connectivity index (χ0v) is 8.38. The third kappa shape index (κ3) is 1.75. The Morgan fingerprint density at radius 3 is 2.15 bits per heavy atom. The summed E-state index contributed by atoms with van der Waals surface area (Å²) in [5.41, 5.74) is 2.93. The monoisotopic (exact) mass is 175 g/mol. The number of benzene rings is 1. The molecule has 1 heteroatoms. The van der Waals surface area contributed by atoms with E-state index in [0.29, 0.717) is 5.92 Å². The van der Waals surface area contributed by atoms with E-state index in [-0.39, 0.29) is 0 Å². The van der Waals surface area contributed by atoms with Gasteiger partial charge in [0.1, 0.15) is 0 Å². The lowest BCUT2D eigenvalue weighted by molar-refractivity contribution is 0.448. The van der Waals surface area contributed by atoms with Gasteiger partial charge in [-0.2, -0.15) is 0 Å². The first-order valence-electron chi connectivity index (χ1n) is 5.08. The summed E-state index contributed by atoms with van der Waals surface area (Å²) in [4.78, 5) is 0. The fourth-order valence-electron chi connectivity index (χ4n) is 1.68. The highest BCUT2D eigenvalue weighted by Gasteiger charge is 2.18. The van der Waals surface area contributed by atoms with Crippen LogP contribution >= 0.6 is 0 Å². The summed E-state index contributed by atoms with van der Waals surface area (Å²) in [5, 5.41) is 3.30. The molecule has 0 radical (unpaired) electrons. The van der Waals surface area contributed by atoms with Crippen molar-refractivity contribution < 1.29 is 0 Å². The Morgan fingerprint density at radius 2 is 1.77 bits per heavy atom. The highest BCUT2D eigenvalue weighted by atomic mass is 14.9. The zero-order valence-electron chi connectivity index (χ0n) is 8.38. The first-order valence-corrected chi connectivity index (χ1v) is 5.08. The van der Waals surface area contributed by atoms with Crippen LogP contribution in [0.15, 0.2) is 24.3 Å². The van der Waals surface area contributed by atoms with Crippen molar-refractivity contribution in [1.82, 2.24) is 5.32 Å². The average molecular weight is 175 g/mol. The van der Waals surface area contributed by atoms with Crippen molar-refractivity contribution in [2.45, 2.75) is 25.7 Å². The van der Waals surface area contributed by atoms with E-state index < -0.39 is 0 Å². The minimum atomic E-state index is 0.647. The fourth-order valence-corrected chi connectivity index (χ4v) is 1.68. The average Bonchev–Trinajstić information content (AvgIpc) is 2.02. The summed E-state index contributed by atoms with van der Waals surface area (Å²) in [6.45, 7) is 6.78. The summed E-state index contributed by atoms with van der Waals surface area (Å²) in [7, 11) is 0. The van der Waals surface area contributed by atoms with Crippen molar-refractivity contribution in [3.05, 3.63) is 35.4 Å². The summed E-state index contributed by atoms with van der Waals surface area (Å²) < 4.78 is 0. The quantitative estimate of drug-likeness (QED) is 0.728. The van der Waals surface area contributed by atoms with Gasteiger partial charge in [0.15, 0.2) is 0 Å². The Bertz CT molecular complexity index is 270. The molecule has 0 atom stereocenters. The molecular formula is C12H17N. The van der Waals surface area contributed by atoms with E-state index in [1.54, 1.807) is 0 Å². The maximum absolute atomic E-state index is 3.30. The Morgan fingerprint density at radius 1 is 1.15 bits per heavy atom. The molecule has 13 heavy (non-hydrogen) atoms. The Balaban J connectivity index is 2.13. The molecule has 0 amide bonds. The molecule has 70 valence electrons. The first kappa shape index (κ1) is 8.76. The maximum Gasteiger partial charge on any atom is 0.00885 e. The van der Waals surface area contributed by atoms with E-state index >= 15 is 0 Å². The third-order valence-corrected chi connectivity index (χ3v) is 2.86. The molecule has 1 fully saturated rings. The Kier molecular flexibility index (Phi) is 2.36. The van der Waals surface area contributed by atoms with E-state index in [4.69, 9.17) is 0 Å². The van der Waals surface area contributed by atoms with Gasteiger partial charge in [0.25, 0.3) is 0 Å². The number of hydrogen-bond acceptors (Lipinski definition) is 1. The molecule has 1 N–H and O–H groups in total. The van der Waals surface area contributed by atoms with E-state index in [1.165, 1.54) is 11.1 Å². The molecule has 1 aromatic carbocycles. The molecule has 1 heterocycles. The van der Waals surface area contributed by atoms with Gasteiger partial charge in [-0.05, 0) is 17.0 Å². The lowest BCUT2D eigenvalue weighted by Gasteiger charge is -2.27. The number of hydrogen-bond donors (Lipinski definition) is 1. The van der Waals surface area contributed by atoms with Gasteiger partial charge in [-0.25, -0.2) is 0 Å². The molecule has 0 saturated carbocycles. The molecule has 0 aromatic heterocycles. The van der Waals surface area contributed by atoms with Crippen LogP contribution in [0.5, 0.6) is 0 Å². The van der Waals surface area contributed by atoms with E-state index in [9.17, 15) is 0 Å². The number of nitrogens with one attached hydrogen (secondary N) is 1. The van der Waals surface area contributed by atoms with Crippen molar-refractivity contribution in [3.8, 4) is 0 Å². The van der Waals surface area contributed by atoms with Gasteiger partial charge in [-0.1, -0.05) is 38.1 Å². The molecule has 0 bridgehead atoms. The normalized spacial score (nSPS) is 17.5. The van der Waals surface area contributed by atoms with Gasteiger partial charge in [-0.3, -0.25) is 0 Å². The Hall–Kier alpha value is -0.820. The van der Waals surface area contributed by atoms with Crippen LogP contribution < -0.4 is 5.32 Å². The fraction of sp³-hybridized carbons (Fsp3) is 0.500. The summed E-state index contributed by atoms with van der Waals surface area (Å²) >= 11 is 0. The van der Waals surface area contributed by atoms with Gasteiger partial charge in [0.2, 0.25) is 0 Å². The van der Waals surface area contributed by atoms with Crippen LogP contribution in [0, 0.1) is 0 Å². The smallest absolute Gasteiger partial charge is 0.00885 e. The molecule has 1 aliphatic heterocycles. The standard InChI is InChI=1S/C12H17N/c1-9(2)10-3-5-11(6-4-10)12-7-13-8-12/h3-6,9,12-13H,7-8H2,1-2H3. The molecule has 0 aliphatic carbocycles. The predicted molar refractivity (Wildman–Crippen MR) is 56.1 cm³/mol. The van der Waals surface area contributed by atoms with Gasteiger partial charge < -0.3 is 5.32 Å². The van der Waals surface area contributed by atoms with Gasteiger partial charge in [0, 0.05) is 19.0 Å². The Labute approximate surface area is 80.2 Å². The summed E-state index contributed by atoms with van der Waals surface area (Å²) in [5.74, 6) is 1.41. The molecular weight excluding hydrogens is 158 g/mol. The molecule has 0 spiro atoms. The van der Waals surface area contributed by atoms with Crippen LogP contribution in [0.25, 0.3) is 0 Å². The van der Waals surface area contributed by atoms with Crippen molar-refractivity contribution in [1.29, 1.82) is 0 Å². The highest BCUT2D eigenvalue weighted by molar-refractivity contribution is 5.28. The lowest BCUT2D eigenvalue weighted by Crippen LogP contribution is -2.39. The summed E-state index contributed by atoms with van der Waals surface area (Å²) in [6, 6.07) is 9.08. The molecule has 1 nitrogen and oxygen atoms in total. The molecule has 1 saturated heterocycles. The van der Waals surface area contributed by atoms with Crippen LogP contribution in [-0.2, 0) is 0 Å². The van der Waals surface area contributed by atoms with Crippen molar-refractivity contribution in [2.75, 3.05) is 13.1 Å². The molecule has 2 rings (SSSR count). The van der Waals surface area contributed by atoms with Gasteiger partial charge >= 0.3 is 0 Å². The van der Waals surface area contributed by atoms with E-state index in [0.717, 1.165) is 19.0 Å². The third-order valence-electron chi connectivity index (χ3n) is 2.86. The first-order chi connectivity index (χ1) is 6.27. The second kappa shape index (κ2) is 3.51. The van der Waals surface area contributed by atoms with E-state index in [1.807, 2.05) is 0 Å². The van der Waals surface area contributed by atoms with Crippen LogP contribution in [0.2, 0.25) is 0 Å². The second-order valence-corrected chi connectivity index (χ2v) is 4.18. The van der Waals surface area contributed by atoms with Crippen LogP contribution in [0.3, 0.4) is 0 Å². The van der Waals surface area contributed by atoms with Crippen molar-refractivity contribution >= 4 is 0 Å². The second-order valence-electron chi connectivity index (χ2n) is 4.18. The largest absolute Gasteiger partial charge is 0.315 e. The zero-order chi connectivity index (χ0) is 9.26. The van der Waals surface area contributed by atoms with Crippen LogP contribution in [0.1, 0.15) is 36.8 Å². The van der Waals surface area contributed by atoms with E-state index in [2.05, 4.69) is 43.4 Å². The van der Waals surface area contributed by atoms with Crippen LogP contribution in [-0.4, -0.2) is 13.1 Å². The molecule has 1 aliphatic rings. The highest BCUT2D eigenvalue weighted by Crippen LogP contribution is 2.22. The molecule has 0 unspecified atom stereocenters. The minimum absolute atomic E-state index is 0.647. The SMILES string of the molecule is CC(C)c1ccc(C2CNC2)cc1. The summed E-state index contributed by atoms with van der Waals surface area (Å²) in [6.07, 6.45) is 0. The predicted octanol–water partition coefficient (Wildman–Crippen LogP) is 2.50. The van der Waals surface area contributed by atoms with Gasteiger partial charge in [-0.15, -0.1) is 0 Å². The van der Waals surface area contributed by atoms with Crippen molar-refractivity contribution in [3.63, 3.8) is 0 Å². The minimum Gasteiger partial charge on any atom is -0.315 e. The van der Waals surface area contributed by atoms with Crippen LogP contribution in [0.4, 0.5) is 0 Å².